The summed E-state index contributed by atoms with van der Waals surface area (Å²) in [5.74, 6) is 1.10. The lowest BCUT2D eigenvalue weighted by atomic mass is 10.3. The van der Waals surface area contributed by atoms with Crippen LogP contribution < -0.4 is 5.69 Å². The fourth-order valence-electron chi connectivity index (χ4n) is 2.34. The topological polar surface area (TPSA) is 92.8 Å². The molecule has 0 saturated carbocycles. The molecule has 0 unspecified atom stereocenters. The molecule has 1 aliphatic rings. The predicted octanol–water partition coefficient (Wildman–Crippen LogP) is 0.180. The van der Waals surface area contributed by atoms with E-state index < -0.39 is 5.69 Å². The average Bonchev–Trinajstić information content (AvgIpc) is 2.87. The van der Waals surface area contributed by atoms with Crippen molar-refractivity contribution in [1.82, 2.24) is 19.4 Å². The maximum atomic E-state index is 12.0. The zero-order valence-electron chi connectivity index (χ0n) is 13.3. The van der Waals surface area contributed by atoms with Gasteiger partial charge in [0.15, 0.2) is 0 Å². The van der Waals surface area contributed by atoms with E-state index in [-0.39, 0.29) is 24.8 Å². The minimum absolute atomic E-state index is 0.0559. The summed E-state index contributed by atoms with van der Waals surface area (Å²) >= 11 is 0. The highest BCUT2D eigenvalue weighted by Crippen LogP contribution is 2.12. The quantitative estimate of drug-likeness (QED) is 0.806. The van der Waals surface area contributed by atoms with Crippen LogP contribution in [0, 0.1) is 0 Å². The molecule has 1 aromatic heterocycles. The fourth-order valence-corrected chi connectivity index (χ4v) is 2.34. The molecule has 1 N–H and O–H groups in total. The summed E-state index contributed by atoms with van der Waals surface area (Å²) in [7, 11) is 1.97. The highest BCUT2D eigenvalue weighted by Gasteiger charge is 2.15. The number of aliphatic imine (C=N–C) groups is 1. The van der Waals surface area contributed by atoms with E-state index in [1.807, 2.05) is 18.9 Å². The Morgan fingerprint density at radius 3 is 2.82 bits per heavy atom. The van der Waals surface area contributed by atoms with E-state index in [4.69, 9.17) is 9.84 Å². The molecule has 0 aromatic carbocycles. The third-order valence-corrected chi connectivity index (χ3v) is 3.49. The summed E-state index contributed by atoms with van der Waals surface area (Å²) in [6.07, 6.45) is 2.89. The maximum absolute atomic E-state index is 12.0. The first-order valence-electron chi connectivity index (χ1n) is 7.48. The average molecular weight is 309 g/mol. The molecule has 8 heteroatoms. The van der Waals surface area contributed by atoms with Crippen molar-refractivity contribution in [3.63, 3.8) is 0 Å². The van der Waals surface area contributed by atoms with Gasteiger partial charge in [-0.25, -0.2) is 9.78 Å². The summed E-state index contributed by atoms with van der Waals surface area (Å²) in [6, 6.07) is 0. The summed E-state index contributed by atoms with van der Waals surface area (Å²) < 4.78 is 6.90. The molecular formula is C14H23N5O3. The number of aliphatic hydroxyl groups excluding tert-OH is 1. The van der Waals surface area contributed by atoms with Gasteiger partial charge in [-0.2, -0.15) is 9.98 Å². The van der Waals surface area contributed by atoms with Gasteiger partial charge in [-0.15, -0.1) is 0 Å². The first-order valence-corrected chi connectivity index (χ1v) is 7.48. The van der Waals surface area contributed by atoms with Crippen LogP contribution in [0.4, 0.5) is 5.95 Å². The number of hydrogen-bond donors (Lipinski definition) is 1. The van der Waals surface area contributed by atoms with E-state index in [1.54, 1.807) is 6.92 Å². The Balaban J connectivity index is 2.05. The van der Waals surface area contributed by atoms with Crippen LogP contribution in [0.25, 0.3) is 0 Å². The smallest absolute Gasteiger partial charge is 0.352 e. The second-order valence-corrected chi connectivity index (χ2v) is 5.58. The van der Waals surface area contributed by atoms with Gasteiger partial charge < -0.3 is 14.7 Å². The molecular weight excluding hydrogens is 286 g/mol. The minimum atomic E-state index is -0.401. The van der Waals surface area contributed by atoms with Crippen LogP contribution in [0.1, 0.15) is 26.7 Å². The van der Waals surface area contributed by atoms with E-state index in [0.717, 1.165) is 25.2 Å². The number of aromatic nitrogens is 3. The molecule has 8 nitrogen and oxygen atoms in total. The lowest BCUT2D eigenvalue weighted by Gasteiger charge is -2.18. The molecule has 2 heterocycles. The normalized spacial score (nSPS) is 19.6. The summed E-state index contributed by atoms with van der Waals surface area (Å²) in [4.78, 5) is 26.4. The Kier molecular flexibility index (Phi) is 5.62. The molecule has 1 fully saturated rings. The van der Waals surface area contributed by atoms with Crippen molar-refractivity contribution in [1.29, 1.82) is 0 Å². The van der Waals surface area contributed by atoms with Crippen molar-refractivity contribution in [2.24, 2.45) is 4.99 Å². The van der Waals surface area contributed by atoms with Crippen molar-refractivity contribution < 1.29 is 9.84 Å². The Hall–Kier alpha value is -1.80. The summed E-state index contributed by atoms with van der Waals surface area (Å²) in [6.45, 7) is 4.85. The van der Waals surface area contributed by atoms with Crippen LogP contribution in [0.5, 0.6) is 0 Å². The van der Waals surface area contributed by atoms with E-state index in [0.29, 0.717) is 6.54 Å². The zero-order chi connectivity index (χ0) is 16.1. The largest absolute Gasteiger partial charge is 0.394 e. The number of likely N-dealkylation sites (tertiary alicyclic amines) is 1. The zero-order valence-corrected chi connectivity index (χ0v) is 13.3. The van der Waals surface area contributed by atoms with Crippen molar-refractivity contribution in [2.45, 2.75) is 45.4 Å². The first-order chi connectivity index (χ1) is 10.5. The molecule has 1 aromatic rings. The monoisotopic (exact) mass is 309 g/mol. The Morgan fingerprint density at radius 2 is 2.23 bits per heavy atom. The van der Waals surface area contributed by atoms with Gasteiger partial charge in [0.05, 0.1) is 25.4 Å². The first kappa shape index (κ1) is 16.6. The van der Waals surface area contributed by atoms with E-state index in [2.05, 4.69) is 15.0 Å². The van der Waals surface area contributed by atoms with Gasteiger partial charge in [0.25, 0.3) is 5.95 Å². The van der Waals surface area contributed by atoms with Gasteiger partial charge in [-0.1, -0.05) is 0 Å². The number of aliphatic hydroxyl groups is 1. The Labute approximate surface area is 129 Å². The van der Waals surface area contributed by atoms with Gasteiger partial charge in [-0.3, -0.25) is 4.57 Å². The second-order valence-electron chi connectivity index (χ2n) is 5.58. The Morgan fingerprint density at radius 1 is 1.45 bits per heavy atom. The van der Waals surface area contributed by atoms with E-state index >= 15 is 0 Å². The van der Waals surface area contributed by atoms with Crippen LogP contribution in [-0.2, 0) is 11.3 Å². The standard InChI is InChI=1S/C14H23N5O3/c1-10(22-11(2)8-20)7-19-9-15-13(17-14(19)21)16-12-5-4-6-18(12)3/h9-11,20H,4-8H2,1-3H3/t10-,11+/m1/s1. The second kappa shape index (κ2) is 7.46. The molecule has 1 aliphatic heterocycles. The van der Waals surface area contributed by atoms with Gasteiger partial charge >= 0.3 is 5.69 Å². The molecule has 2 rings (SSSR count). The van der Waals surface area contributed by atoms with Gasteiger partial charge in [0.2, 0.25) is 0 Å². The number of hydrogen-bond acceptors (Lipinski definition) is 6. The molecule has 0 aliphatic carbocycles. The predicted molar refractivity (Wildman–Crippen MR) is 82.3 cm³/mol. The van der Waals surface area contributed by atoms with Gasteiger partial charge in [-0.05, 0) is 20.3 Å². The lowest BCUT2D eigenvalue weighted by Crippen LogP contribution is -2.31. The van der Waals surface area contributed by atoms with Crippen LogP contribution >= 0.6 is 0 Å². The number of ether oxygens (including phenoxy) is 1. The van der Waals surface area contributed by atoms with Crippen molar-refractivity contribution in [3.8, 4) is 0 Å². The SMILES string of the molecule is C[C@H](Cn1cnc(N=C2CCCN2C)nc1=O)O[C@@H](C)CO. The lowest BCUT2D eigenvalue weighted by molar-refractivity contribution is -0.0279. The van der Waals surface area contributed by atoms with E-state index in [1.165, 1.54) is 10.9 Å². The minimum Gasteiger partial charge on any atom is -0.394 e. The Bertz CT molecular complexity index is 586. The van der Waals surface area contributed by atoms with Crippen molar-refractivity contribution in [2.75, 3.05) is 20.2 Å². The number of nitrogens with zero attached hydrogens (tertiary/aromatic N) is 5. The molecule has 22 heavy (non-hydrogen) atoms. The van der Waals surface area contributed by atoms with Crippen LogP contribution in [0.3, 0.4) is 0 Å². The summed E-state index contributed by atoms with van der Waals surface area (Å²) in [5, 5.41) is 8.96. The molecule has 0 spiro atoms. The summed E-state index contributed by atoms with van der Waals surface area (Å²) in [5.41, 5.74) is -0.401. The molecule has 0 bridgehead atoms. The van der Waals surface area contributed by atoms with Crippen molar-refractivity contribution in [3.05, 3.63) is 16.8 Å². The number of rotatable bonds is 6. The van der Waals surface area contributed by atoms with Crippen molar-refractivity contribution >= 4 is 11.8 Å². The van der Waals surface area contributed by atoms with Crippen LogP contribution in [-0.4, -0.2) is 62.8 Å². The third kappa shape index (κ3) is 4.35. The molecule has 122 valence electrons. The molecule has 0 radical (unpaired) electrons. The van der Waals surface area contributed by atoms with Gasteiger partial charge in [0, 0.05) is 20.0 Å². The highest BCUT2D eigenvalue weighted by atomic mass is 16.5. The molecule has 1 saturated heterocycles. The van der Waals surface area contributed by atoms with E-state index in [9.17, 15) is 4.79 Å². The highest BCUT2D eigenvalue weighted by molar-refractivity contribution is 5.85. The molecule has 2 atom stereocenters. The maximum Gasteiger partial charge on any atom is 0.352 e. The fraction of sp³-hybridized carbons (Fsp3) is 0.714. The molecule has 0 amide bonds. The van der Waals surface area contributed by atoms with Crippen LogP contribution in [0.2, 0.25) is 0 Å². The van der Waals surface area contributed by atoms with Crippen LogP contribution in [0.15, 0.2) is 16.1 Å². The third-order valence-electron chi connectivity index (χ3n) is 3.49. The number of amidine groups is 1. The van der Waals surface area contributed by atoms with Gasteiger partial charge in [0.1, 0.15) is 12.2 Å².